The van der Waals surface area contributed by atoms with Gasteiger partial charge in [-0.2, -0.15) is 0 Å². The van der Waals surface area contributed by atoms with E-state index in [9.17, 15) is 4.79 Å². The summed E-state index contributed by atoms with van der Waals surface area (Å²) in [6.45, 7) is 4.36. The smallest absolute Gasteiger partial charge is 0.226 e. The number of carbonyl (C=O) groups excluding carboxylic acids is 1. The van der Waals surface area contributed by atoms with Crippen molar-refractivity contribution in [3.63, 3.8) is 0 Å². The Hall–Kier alpha value is -0.271. The topological polar surface area (TPSA) is 20.3 Å². The van der Waals surface area contributed by atoms with Crippen LogP contribution in [0.15, 0.2) is 12.8 Å². The molecule has 1 aliphatic heterocycles. The zero-order chi connectivity index (χ0) is 5.98. The maximum absolute atomic E-state index is 10.7. The molecule has 1 aliphatic rings. The summed E-state index contributed by atoms with van der Waals surface area (Å²) in [6.07, 6.45) is 3.28. The van der Waals surface area contributed by atoms with Gasteiger partial charge in [-0.15, -0.1) is 0 Å². The van der Waals surface area contributed by atoms with Crippen LogP contribution < -0.4 is 0 Å². The molecule has 0 spiro atoms. The van der Waals surface area contributed by atoms with Gasteiger partial charge in [0, 0.05) is 30.0 Å². The number of carbonyl (C=O) groups is 1. The summed E-state index contributed by atoms with van der Waals surface area (Å²) in [5, 5.41) is 0. The Kier molecular flexibility index (Phi) is 3.59. The minimum absolute atomic E-state index is 0. The number of hydrogen-bond acceptors (Lipinski definition) is 1. The molecule has 0 unspecified atom stereocenters. The molecule has 0 atom stereocenters. The Morgan fingerprint density at radius 2 is 2.33 bits per heavy atom. The van der Waals surface area contributed by atoms with Crippen LogP contribution in [0.1, 0.15) is 12.8 Å². The molecular formula is C6H9FeNO. The van der Waals surface area contributed by atoms with Crippen LogP contribution in [-0.2, 0) is 21.9 Å². The minimum atomic E-state index is 0. The zero-order valence-electron chi connectivity index (χ0n) is 5.11. The molecule has 0 bridgehead atoms. The third kappa shape index (κ3) is 1.84. The largest absolute Gasteiger partial charge is 0.320 e. The maximum Gasteiger partial charge on any atom is 0.226 e. The minimum Gasteiger partial charge on any atom is -0.320 e. The Morgan fingerprint density at radius 3 is 2.56 bits per heavy atom. The van der Waals surface area contributed by atoms with Gasteiger partial charge in [0.15, 0.2) is 0 Å². The molecule has 1 saturated heterocycles. The van der Waals surface area contributed by atoms with Crippen molar-refractivity contribution >= 4 is 5.91 Å². The van der Waals surface area contributed by atoms with E-state index < -0.39 is 0 Å². The molecule has 1 heterocycles. The van der Waals surface area contributed by atoms with Crippen molar-refractivity contribution < 1.29 is 21.9 Å². The fraction of sp³-hybridized carbons (Fsp3) is 0.500. The molecule has 1 amide bonds. The van der Waals surface area contributed by atoms with E-state index >= 15 is 0 Å². The van der Waals surface area contributed by atoms with Crippen LogP contribution in [0.2, 0.25) is 0 Å². The molecule has 1 fully saturated rings. The SMILES string of the molecule is C=CN1CCCC1=O.[Fe]. The maximum atomic E-state index is 10.7. The number of likely N-dealkylation sites (tertiary alicyclic amines) is 1. The molecular weight excluding hydrogens is 158 g/mol. The van der Waals surface area contributed by atoms with E-state index in [1.165, 1.54) is 0 Å². The van der Waals surface area contributed by atoms with Gasteiger partial charge in [0.25, 0.3) is 0 Å². The van der Waals surface area contributed by atoms with Gasteiger partial charge in [0.1, 0.15) is 0 Å². The summed E-state index contributed by atoms with van der Waals surface area (Å²) in [6, 6.07) is 0. The molecule has 0 aromatic heterocycles. The van der Waals surface area contributed by atoms with Crippen LogP contribution in [0.25, 0.3) is 0 Å². The fourth-order valence-corrected chi connectivity index (χ4v) is 0.862. The quantitative estimate of drug-likeness (QED) is 0.527. The van der Waals surface area contributed by atoms with Crippen molar-refractivity contribution in [2.45, 2.75) is 12.8 Å². The van der Waals surface area contributed by atoms with E-state index in [4.69, 9.17) is 0 Å². The summed E-state index contributed by atoms with van der Waals surface area (Å²) in [7, 11) is 0. The van der Waals surface area contributed by atoms with Gasteiger partial charge >= 0.3 is 0 Å². The van der Waals surface area contributed by atoms with Crippen LogP contribution in [-0.4, -0.2) is 17.4 Å². The van der Waals surface area contributed by atoms with Crippen LogP contribution in [0.5, 0.6) is 0 Å². The number of nitrogens with zero attached hydrogens (tertiary/aromatic N) is 1. The zero-order valence-corrected chi connectivity index (χ0v) is 6.22. The van der Waals surface area contributed by atoms with Crippen LogP contribution in [0, 0.1) is 0 Å². The van der Waals surface area contributed by atoms with Gasteiger partial charge in [-0.25, -0.2) is 0 Å². The molecule has 1 rings (SSSR count). The average molecular weight is 167 g/mol. The van der Waals surface area contributed by atoms with Crippen molar-refractivity contribution in [3.8, 4) is 0 Å². The third-order valence-corrected chi connectivity index (χ3v) is 1.33. The number of rotatable bonds is 1. The number of amides is 1. The Balaban J connectivity index is 0.000000640. The summed E-state index contributed by atoms with van der Waals surface area (Å²) >= 11 is 0. The summed E-state index contributed by atoms with van der Waals surface area (Å²) in [4.78, 5) is 12.3. The van der Waals surface area contributed by atoms with E-state index in [1.54, 1.807) is 11.1 Å². The first kappa shape index (κ1) is 8.73. The molecule has 2 nitrogen and oxygen atoms in total. The van der Waals surface area contributed by atoms with E-state index in [0.29, 0.717) is 6.42 Å². The first-order chi connectivity index (χ1) is 3.84. The van der Waals surface area contributed by atoms with E-state index in [0.717, 1.165) is 13.0 Å². The Morgan fingerprint density at radius 1 is 1.67 bits per heavy atom. The third-order valence-electron chi connectivity index (χ3n) is 1.33. The average Bonchev–Trinajstić information content (AvgIpc) is 2.14. The van der Waals surface area contributed by atoms with Crippen molar-refractivity contribution in [2.75, 3.05) is 6.54 Å². The molecule has 0 saturated carbocycles. The second-order valence-electron chi connectivity index (χ2n) is 1.87. The Labute approximate surface area is 65.4 Å². The predicted octanol–water partition coefficient (Wildman–Crippen LogP) is 0.750. The van der Waals surface area contributed by atoms with Crippen LogP contribution >= 0.6 is 0 Å². The molecule has 0 aromatic rings. The van der Waals surface area contributed by atoms with Crippen molar-refractivity contribution in [1.29, 1.82) is 0 Å². The molecule has 0 N–H and O–H groups in total. The van der Waals surface area contributed by atoms with Crippen LogP contribution in [0.4, 0.5) is 0 Å². The second kappa shape index (κ2) is 3.70. The first-order valence-corrected chi connectivity index (χ1v) is 2.76. The molecule has 9 heavy (non-hydrogen) atoms. The fourth-order valence-electron chi connectivity index (χ4n) is 0.862. The predicted molar refractivity (Wildman–Crippen MR) is 31.1 cm³/mol. The van der Waals surface area contributed by atoms with Gasteiger partial charge in [0.05, 0.1) is 0 Å². The molecule has 3 heteroatoms. The van der Waals surface area contributed by atoms with Crippen molar-refractivity contribution in [1.82, 2.24) is 4.90 Å². The van der Waals surface area contributed by atoms with Crippen molar-refractivity contribution in [2.24, 2.45) is 0 Å². The molecule has 0 aromatic carbocycles. The monoisotopic (exact) mass is 167 g/mol. The van der Waals surface area contributed by atoms with Gasteiger partial charge in [-0.1, -0.05) is 6.58 Å². The standard InChI is InChI=1S/C6H9NO.Fe/c1-2-7-5-3-4-6(7)8;/h2H,1,3-5H2;. The molecule has 52 valence electrons. The van der Waals surface area contributed by atoms with E-state index in [2.05, 4.69) is 6.58 Å². The molecule has 0 aliphatic carbocycles. The van der Waals surface area contributed by atoms with Gasteiger partial charge in [-0.05, 0) is 12.6 Å². The summed E-state index contributed by atoms with van der Waals surface area (Å²) < 4.78 is 0. The molecule has 0 radical (unpaired) electrons. The second-order valence-corrected chi connectivity index (χ2v) is 1.87. The van der Waals surface area contributed by atoms with Crippen LogP contribution in [0.3, 0.4) is 0 Å². The van der Waals surface area contributed by atoms with E-state index in [-0.39, 0.29) is 23.0 Å². The van der Waals surface area contributed by atoms with Gasteiger partial charge in [-0.3, -0.25) is 4.79 Å². The first-order valence-electron chi connectivity index (χ1n) is 2.76. The summed E-state index contributed by atoms with van der Waals surface area (Å²) in [5.41, 5.74) is 0. The number of hydrogen-bond donors (Lipinski definition) is 0. The van der Waals surface area contributed by atoms with E-state index in [1.807, 2.05) is 0 Å². The normalized spacial score (nSPS) is 17.3. The van der Waals surface area contributed by atoms with Gasteiger partial charge in [0.2, 0.25) is 5.91 Å². The summed E-state index contributed by atoms with van der Waals surface area (Å²) in [5.74, 6) is 0.208. The Bertz CT molecular complexity index is 124. The van der Waals surface area contributed by atoms with Crippen molar-refractivity contribution in [3.05, 3.63) is 12.8 Å². The van der Waals surface area contributed by atoms with Gasteiger partial charge < -0.3 is 4.90 Å².